The summed E-state index contributed by atoms with van der Waals surface area (Å²) in [5, 5.41) is 9.30. The molecular formula is C10H11NO2. The number of nitrogens with one attached hydrogen (secondary N) is 1. The molecule has 1 unspecified atom stereocenters. The van der Waals surface area contributed by atoms with Gasteiger partial charge in [-0.25, -0.2) is 4.84 Å². The molecule has 0 aromatic heterocycles. The highest BCUT2D eigenvalue weighted by atomic mass is 16.7. The second kappa shape index (κ2) is 3.60. The van der Waals surface area contributed by atoms with Gasteiger partial charge in [0, 0.05) is 18.2 Å². The van der Waals surface area contributed by atoms with Gasteiger partial charge in [0.15, 0.2) is 0 Å². The molecule has 1 aliphatic rings. The Bertz CT molecular complexity index is 308. The number of aliphatic hydroxyl groups is 1. The summed E-state index contributed by atoms with van der Waals surface area (Å²) in [5.41, 5.74) is 4.55. The zero-order valence-corrected chi connectivity index (χ0v) is 7.10. The molecule has 0 aliphatic carbocycles. The summed E-state index contributed by atoms with van der Waals surface area (Å²) in [6.07, 6.45) is 1.60. The van der Waals surface area contributed by atoms with Crippen LogP contribution in [0.1, 0.15) is 5.56 Å². The van der Waals surface area contributed by atoms with Gasteiger partial charge in [-0.15, -0.1) is 0 Å². The number of hydrogen-bond donors (Lipinski definition) is 2. The van der Waals surface area contributed by atoms with Crippen LogP contribution in [0.2, 0.25) is 0 Å². The summed E-state index contributed by atoms with van der Waals surface area (Å²) in [7, 11) is 0. The van der Waals surface area contributed by atoms with Gasteiger partial charge in [-0.2, -0.15) is 0 Å². The van der Waals surface area contributed by atoms with E-state index in [1.807, 2.05) is 30.3 Å². The number of hydrogen-bond acceptors (Lipinski definition) is 3. The highest BCUT2D eigenvalue weighted by molar-refractivity contribution is 5.23. The summed E-state index contributed by atoms with van der Waals surface area (Å²) in [4.78, 5) is 4.75. The van der Waals surface area contributed by atoms with E-state index in [1.54, 1.807) is 6.20 Å². The predicted octanol–water partition coefficient (Wildman–Crippen LogP) is 0.966. The van der Waals surface area contributed by atoms with Crippen LogP contribution in [0.4, 0.5) is 0 Å². The zero-order valence-electron chi connectivity index (χ0n) is 7.10. The molecular weight excluding hydrogens is 166 g/mol. The van der Waals surface area contributed by atoms with E-state index in [0.717, 1.165) is 12.0 Å². The van der Waals surface area contributed by atoms with Crippen molar-refractivity contribution in [2.24, 2.45) is 0 Å². The van der Waals surface area contributed by atoms with E-state index in [0.29, 0.717) is 0 Å². The number of aliphatic hydroxyl groups excluding tert-OH is 1. The Hall–Kier alpha value is -1.32. The molecule has 1 aromatic carbocycles. The zero-order chi connectivity index (χ0) is 9.10. The first kappa shape index (κ1) is 8.29. The second-order valence-corrected chi connectivity index (χ2v) is 2.97. The monoisotopic (exact) mass is 177 g/mol. The minimum Gasteiger partial charge on any atom is -0.363 e. The van der Waals surface area contributed by atoms with Gasteiger partial charge in [0.05, 0.1) is 0 Å². The molecule has 3 heteroatoms. The molecule has 68 valence electrons. The van der Waals surface area contributed by atoms with Crippen molar-refractivity contribution in [2.75, 3.05) is 0 Å². The van der Waals surface area contributed by atoms with E-state index >= 15 is 0 Å². The molecule has 1 atom stereocenters. The molecule has 2 rings (SSSR count). The molecule has 13 heavy (non-hydrogen) atoms. The van der Waals surface area contributed by atoms with Crippen molar-refractivity contribution < 1.29 is 9.94 Å². The van der Waals surface area contributed by atoms with Gasteiger partial charge in [0.1, 0.15) is 0 Å². The van der Waals surface area contributed by atoms with Crippen LogP contribution in [0, 0.1) is 0 Å². The van der Waals surface area contributed by atoms with Gasteiger partial charge in [0.25, 0.3) is 0 Å². The van der Waals surface area contributed by atoms with E-state index in [4.69, 9.17) is 4.84 Å². The quantitative estimate of drug-likeness (QED) is 0.707. The van der Waals surface area contributed by atoms with Gasteiger partial charge in [0.2, 0.25) is 6.29 Å². The lowest BCUT2D eigenvalue weighted by Gasteiger charge is -2.05. The first-order valence-electron chi connectivity index (χ1n) is 4.18. The summed E-state index contributed by atoms with van der Waals surface area (Å²) in [6, 6.07) is 9.96. The van der Waals surface area contributed by atoms with Crippen molar-refractivity contribution in [3.05, 3.63) is 47.7 Å². The largest absolute Gasteiger partial charge is 0.363 e. The van der Waals surface area contributed by atoms with Crippen LogP contribution in [0.5, 0.6) is 0 Å². The Kier molecular flexibility index (Phi) is 2.29. The third kappa shape index (κ3) is 1.88. The normalized spacial score (nSPS) is 21.0. The molecule has 0 fully saturated rings. The maximum absolute atomic E-state index is 9.30. The maximum atomic E-state index is 9.30. The van der Waals surface area contributed by atoms with E-state index in [2.05, 4.69) is 5.48 Å². The third-order valence-corrected chi connectivity index (χ3v) is 1.99. The average molecular weight is 177 g/mol. The molecule has 0 amide bonds. The third-order valence-electron chi connectivity index (χ3n) is 1.99. The van der Waals surface area contributed by atoms with Crippen LogP contribution >= 0.6 is 0 Å². The molecule has 1 heterocycles. The van der Waals surface area contributed by atoms with E-state index in [1.165, 1.54) is 5.56 Å². The molecule has 2 N–H and O–H groups in total. The highest BCUT2D eigenvalue weighted by Crippen LogP contribution is 2.14. The van der Waals surface area contributed by atoms with Crippen LogP contribution in [0.15, 0.2) is 42.1 Å². The highest BCUT2D eigenvalue weighted by Gasteiger charge is 2.16. The lowest BCUT2D eigenvalue weighted by Crippen LogP contribution is -2.13. The lowest BCUT2D eigenvalue weighted by atomic mass is 10.1. The fourth-order valence-electron chi connectivity index (χ4n) is 1.29. The van der Waals surface area contributed by atoms with Crippen LogP contribution < -0.4 is 5.48 Å². The number of rotatable bonds is 2. The van der Waals surface area contributed by atoms with E-state index in [9.17, 15) is 5.11 Å². The Labute approximate surface area is 76.6 Å². The molecule has 1 aliphatic heterocycles. The van der Waals surface area contributed by atoms with Gasteiger partial charge >= 0.3 is 0 Å². The summed E-state index contributed by atoms with van der Waals surface area (Å²) < 4.78 is 0. The first-order valence-corrected chi connectivity index (χ1v) is 4.18. The molecule has 0 spiro atoms. The van der Waals surface area contributed by atoms with Crippen molar-refractivity contribution in [3.63, 3.8) is 0 Å². The Balaban J connectivity index is 2.06. The lowest BCUT2D eigenvalue weighted by molar-refractivity contribution is -0.0904. The van der Waals surface area contributed by atoms with E-state index < -0.39 is 6.29 Å². The molecule has 0 saturated carbocycles. The Morgan fingerprint density at radius 2 is 2.08 bits per heavy atom. The number of benzene rings is 1. The molecule has 1 aromatic rings. The number of hydroxylamine groups is 1. The molecule has 0 radical (unpaired) electrons. The van der Waals surface area contributed by atoms with E-state index in [-0.39, 0.29) is 0 Å². The molecule has 3 nitrogen and oxygen atoms in total. The topological polar surface area (TPSA) is 41.5 Å². The minimum absolute atomic E-state index is 0.717. The fourth-order valence-corrected chi connectivity index (χ4v) is 1.29. The first-order chi connectivity index (χ1) is 6.36. The standard InChI is InChI=1S/C10H11NO2/c12-10-9(7-11-13-10)6-8-4-2-1-3-5-8/h1-5,7,10-12H,6H2. The van der Waals surface area contributed by atoms with Gasteiger partial charge < -0.3 is 5.11 Å². The average Bonchev–Trinajstić information content (AvgIpc) is 2.54. The summed E-state index contributed by atoms with van der Waals surface area (Å²) in [6.45, 7) is 0. The van der Waals surface area contributed by atoms with Crippen LogP contribution in [-0.2, 0) is 11.3 Å². The smallest absolute Gasteiger partial charge is 0.205 e. The second-order valence-electron chi connectivity index (χ2n) is 2.97. The SMILES string of the molecule is OC1ONC=C1Cc1ccccc1. The Morgan fingerprint density at radius 3 is 2.69 bits per heavy atom. The minimum atomic E-state index is -0.805. The summed E-state index contributed by atoms with van der Waals surface area (Å²) in [5.74, 6) is 0. The molecule has 0 saturated heterocycles. The predicted molar refractivity (Wildman–Crippen MR) is 48.5 cm³/mol. The summed E-state index contributed by atoms with van der Waals surface area (Å²) >= 11 is 0. The van der Waals surface area contributed by atoms with Gasteiger partial charge in [-0.05, 0) is 5.56 Å². The Morgan fingerprint density at radius 1 is 1.31 bits per heavy atom. The molecule has 0 bridgehead atoms. The van der Waals surface area contributed by atoms with Gasteiger partial charge in [-0.1, -0.05) is 30.3 Å². The van der Waals surface area contributed by atoms with Crippen molar-refractivity contribution in [3.8, 4) is 0 Å². The van der Waals surface area contributed by atoms with Crippen LogP contribution in [-0.4, -0.2) is 11.4 Å². The fraction of sp³-hybridized carbons (Fsp3) is 0.200. The maximum Gasteiger partial charge on any atom is 0.205 e. The van der Waals surface area contributed by atoms with Crippen molar-refractivity contribution >= 4 is 0 Å². The van der Waals surface area contributed by atoms with Crippen LogP contribution in [0.25, 0.3) is 0 Å². The van der Waals surface area contributed by atoms with Gasteiger partial charge in [-0.3, -0.25) is 5.48 Å². The van der Waals surface area contributed by atoms with Crippen LogP contribution in [0.3, 0.4) is 0 Å². The van der Waals surface area contributed by atoms with Crippen molar-refractivity contribution in [1.82, 2.24) is 5.48 Å². The van der Waals surface area contributed by atoms with Crippen molar-refractivity contribution in [2.45, 2.75) is 12.7 Å². The van der Waals surface area contributed by atoms with Crippen molar-refractivity contribution in [1.29, 1.82) is 0 Å².